The molecule has 2 aromatic rings. The van der Waals surface area contributed by atoms with E-state index < -0.39 is 5.97 Å². The van der Waals surface area contributed by atoms with Crippen molar-refractivity contribution in [2.45, 2.75) is 13.5 Å². The van der Waals surface area contributed by atoms with Gasteiger partial charge in [0.2, 0.25) is 0 Å². The van der Waals surface area contributed by atoms with Gasteiger partial charge in [0.1, 0.15) is 5.75 Å². The molecule has 1 heterocycles. The second-order valence-electron chi connectivity index (χ2n) is 3.89. The van der Waals surface area contributed by atoms with Gasteiger partial charge in [-0.1, -0.05) is 12.1 Å². The van der Waals surface area contributed by atoms with Gasteiger partial charge in [-0.25, -0.2) is 9.78 Å². The molecule has 98 valence electrons. The molecule has 6 heteroatoms. The topological polar surface area (TPSA) is 92.5 Å². The molecule has 1 aromatic heterocycles. The Morgan fingerprint density at radius 3 is 2.79 bits per heavy atom. The Labute approximate surface area is 109 Å². The van der Waals surface area contributed by atoms with E-state index in [1.165, 1.54) is 6.07 Å². The third kappa shape index (κ3) is 3.26. The number of aliphatic hydroxyl groups is 1. The van der Waals surface area contributed by atoms with E-state index in [9.17, 15) is 4.79 Å². The Morgan fingerprint density at radius 2 is 2.11 bits per heavy atom. The summed E-state index contributed by atoms with van der Waals surface area (Å²) in [7, 11) is 0. The Hall–Kier alpha value is -2.47. The van der Waals surface area contributed by atoms with E-state index in [-0.39, 0.29) is 18.3 Å². The average molecular weight is 260 g/mol. The number of carboxylic acid groups (broad SMARTS) is 1. The first-order chi connectivity index (χ1) is 9.08. The molecule has 2 N–H and O–H groups in total. The van der Waals surface area contributed by atoms with Crippen LogP contribution in [-0.2, 0) is 6.61 Å². The van der Waals surface area contributed by atoms with Crippen molar-refractivity contribution in [1.29, 1.82) is 0 Å². The Bertz CT molecular complexity index is 613. The quantitative estimate of drug-likeness (QED) is 0.870. The predicted molar refractivity (Wildman–Crippen MR) is 66.2 cm³/mol. The van der Waals surface area contributed by atoms with Crippen LogP contribution in [0.4, 0.5) is 0 Å². The molecule has 0 saturated carbocycles. The highest BCUT2D eigenvalue weighted by molar-refractivity contribution is 5.85. The van der Waals surface area contributed by atoms with Crippen LogP contribution in [0, 0.1) is 6.92 Å². The molecule has 0 aliphatic carbocycles. The lowest BCUT2D eigenvalue weighted by Gasteiger charge is -2.06. The van der Waals surface area contributed by atoms with Crippen LogP contribution in [0.25, 0.3) is 0 Å². The Kier molecular flexibility index (Phi) is 3.72. The van der Waals surface area contributed by atoms with Crippen LogP contribution in [0.3, 0.4) is 0 Å². The van der Waals surface area contributed by atoms with Crippen molar-refractivity contribution >= 4 is 5.97 Å². The smallest absolute Gasteiger partial charge is 0.354 e. The predicted octanol–water partition coefficient (Wildman–Crippen LogP) is 1.77. The molecule has 0 aliphatic rings. The Morgan fingerprint density at radius 1 is 1.32 bits per heavy atom. The molecular formula is C13H12N2O4. The van der Waals surface area contributed by atoms with E-state index in [2.05, 4.69) is 9.97 Å². The molecule has 0 bridgehead atoms. The number of hydrogen-bond acceptors (Lipinski definition) is 5. The molecular weight excluding hydrogens is 248 g/mol. The minimum absolute atomic E-state index is 0.0347. The average Bonchev–Trinajstić information content (AvgIpc) is 2.38. The van der Waals surface area contributed by atoms with Gasteiger partial charge in [-0.3, -0.25) is 0 Å². The standard InChI is InChI=1S/C13H12N2O4/c1-8-5-11(12(17)18)15-13(14-8)19-10-4-2-3-9(6-10)7-16/h2-6,16H,7H2,1H3,(H,17,18). The molecule has 1 aromatic carbocycles. The molecule has 0 atom stereocenters. The number of carbonyl (C=O) groups is 1. The van der Waals surface area contributed by atoms with Gasteiger partial charge >= 0.3 is 12.0 Å². The fraction of sp³-hybridized carbons (Fsp3) is 0.154. The van der Waals surface area contributed by atoms with Crippen molar-refractivity contribution < 1.29 is 19.7 Å². The fourth-order valence-electron chi connectivity index (χ4n) is 1.51. The van der Waals surface area contributed by atoms with E-state index in [1.54, 1.807) is 31.2 Å². The van der Waals surface area contributed by atoms with Crippen LogP contribution in [-0.4, -0.2) is 26.2 Å². The van der Waals surface area contributed by atoms with Gasteiger partial charge in [0.05, 0.1) is 6.61 Å². The van der Waals surface area contributed by atoms with Crippen LogP contribution < -0.4 is 4.74 Å². The Balaban J connectivity index is 2.29. The zero-order valence-corrected chi connectivity index (χ0v) is 10.2. The molecule has 0 fully saturated rings. The minimum Gasteiger partial charge on any atom is -0.477 e. The van der Waals surface area contributed by atoms with Gasteiger partial charge in [0.15, 0.2) is 5.69 Å². The van der Waals surface area contributed by atoms with E-state index in [1.807, 2.05) is 0 Å². The highest BCUT2D eigenvalue weighted by atomic mass is 16.5. The summed E-state index contributed by atoms with van der Waals surface area (Å²) < 4.78 is 5.40. The monoisotopic (exact) mass is 260 g/mol. The van der Waals surface area contributed by atoms with Crippen molar-refractivity contribution in [2.75, 3.05) is 0 Å². The molecule has 0 amide bonds. The molecule has 0 saturated heterocycles. The van der Waals surface area contributed by atoms with Crippen LogP contribution in [0.1, 0.15) is 21.7 Å². The maximum Gasteiger partial charge on any atom is 0.354 e. The summed E-state index contributed by atoms with van der Waals surface area (Å²) in [5.41, 5.74) is 1.06. The van der Waals surface area contributed by atoms with E-state index in [0.29, 0.717) is 17.0 Å². The maximum absolute atomic E-state index is 10.9. The van der Waals surface area contributed by atoms with Gasteiger partial charge < -0.3 is 14.9 Å². The summed E-state index contributed by atoms with van der Waals surface area (Å²) in [6.45, 7) is 1.55. The number of aromatic nitrogens is 2. The van der Waals surface area contributed by atoms with E-state index >= 15 is 0 Å². The first-order valence-electron chi connectivity index (χ1n) is 5.55. The number of carboxylic acids is 1. The third-order valence-electron chi connectivity index (χ3n) is 2.34. The summed E-state index contributed by atoms with van der Waals surface area (Å²) in [5.74, 6) is -0.701. The molecule has 19 heavy (non-hydrogen) atoms. The zero-order chi connectivity index (χ0) is 13.8. The number of aryl methyl sites for hydroxylation is 1. The number of rotatable bonds is 4. The lowest BCUT2D eigenvalue weighted by Crippen LogP contribution is -2.04. The molecule has 2 rings (SSSR count). The van der Waals surface area contributed by atoms with Crippen molar-refractivity contribution in [1.82, 2.24) is 9.97 Å². The summed E-state index contributed by atoms with van der Waals surface area (Å²) in [6.07, 6.45) is 0. The summed E-state index contributed by atoms with van der Waals surface area (Å²) in [5, 5.41) is 17.9. The first-order valence-corrected chi connectivity index (χ1v) is 5.55. The number of hydrogen-bond donors (Lipinski definition) is 2. The van der Waals surface area contributed by atoms with Crippen LogP contribution >= 0.6 is 0 Å². The van der Waals surface area contributed by atoms with Crippen molar-refractivity contribution in [2.24, 2.45) is 0 Å². The summed E-state index contributed by atoms with van der Waals surface area (Å²) >= 11 is 0. The molecule has 0 spiro atoms. The van der Waals surface area contributed by atoms with Crippen LogP contribution in [0.2, 0.25) is 0 Å². The largest absolute Gasteiger partial charge is 0.477 e. The highest BCUT2D eigenvalue weighted by Crippen LogP contribution is 2.19. The van der Waals surface area contributed by atoms with Gasteiger partial charge in [-0.05, 0) is 30.7 Å². The summed E-state index contributed by atoms with van der Waals surface area (Å²) in [6, 6.07) is 8.09. The van der Waals surface area contributed by atoms with Crippen molar-refractivity contribution in [3.05, 3.63) is 47.3 Å². The van der Waals surface area contributed by atoms with Crippen LogP contribution in [0.15, 0.2) is 30.3 Å². The second-order valence-corrected chi connectivity index (χ2v) is 3.89. The van der Waals surface area contributed by atoms with E-state index in [0.717, 1.165) is 0 Å². The molecule has 0 unspecified atom stereocenters. The number of nitrogens with zero attached hydrogens (tertiary/aromatic N) is 2. The highest BCUT2D eigenvalue weighted by Gasteiger charge is 2.10. The molecule has 6 nitrogen and oxygen atoms in total. The number of aliphatic hydroxyl groups excluding tert-OH is 1. The normalized spacial score (nSPS) is 10.2. The fourth-order valence-corrected chi connectivity index (χ4v) is 1.51. The minimum atomic E-state index is -1.14. The SMILES string of the molecule is Cc1cc(C(=O)O)nc(Oc2cccc(CO)c2)n1. The van der Waals surface area contributed by atoms with E-state index in [4.69, 9.17) is 14.9 Å². The number of benzene rings is 1. The number of ether oxygens (including phenoxy) is 1. The first kappa shape index (κ1) is 13.0. The van der Waals surface area contributed by atoms with Gasteiger partial charge in [-0.15, -0.1) is 0 Å². The second kappa shape index (κ2) is 5.45. The lowest BCUT2D eigenvalue weighted by molar-refractivity contribution is 0.0689. The van der Waals surface area contributed by atoms with Crippen molar-refractivity contribution in [3.8, 4) is 11.8 Å². The van der Waals surface area contributed by atoms with Gasteiger partial charge in [-0.2, -0.15) is 4.98 Å². The third-order valence-corrected chi connectivity index (χ3v) is 2.34. The van der Waals surface area contributed by atoms with Crippen molar-refractivity contribution in [3.63, 3.8) is 0 Å². The zero-order valence-electron chi connectivity index (χ0n) is 10.2. The molecule has 0 aliphatic heterocycles. The lowest BCUT2D eigenvalue weighted by atomic mass is 10.2. The van der Waals surface area contributed by atoms with Gasteiger partial charge in [0.25, 0.3) is 0 Å². The maximum atomic E-state index is 10.9. The van der Waals surface area contributed by atoms with Gasteiger partial charge in [0, 0.05) is 5.69 Å². The van der Waals surface area contributed by atoms with Crippen LogP contribution in [0.5, 0.6) is 11.8 Å². The molecule has 0 radical (unpaired) electrons. The number of aromatic carboxylic acids is 1. The summed E-state index contributed by atoms with van der Waals surface area (Å²) in [4.78, 5) is 18.7.